The van der Waals surface area contributed by atoms with E-state index in [-0.39, 0.29) is 29.4 Å². The zero-order valence-corrected chi connectivity index (χ0v) is 13.3. The molecule has 1 aliphatic heterocycles. The third-order valence-electron chi connectivity index (χ3n) is 3.21. The van der Waals surface area contributed by atoms with Crippen molar-refractivity contribution in [3.05, 3.63) is 29.0 Å². The summed E-state index contributed by atoms with van der Waals surface area (Å²) >= 11 is 5.86. The summed E-state index contributed by atoms with van der Waals surface area (Å²) in [6.07, 6.45) is 1.33. The Hall–Kier alpha value is -1.04. The number of hydrogen-bond donors (Lipinski definition) is 2. The number of benzene rings is 1. The van der Waals surface area contributed by atoms with Gasteiger partial charge in [0.15, 0.2) is 6.10 Å². The van der Waals surface area contributed by atoms with Crippen molar-refractivity contribution in [1.82, 2.24) is 10.6 Å². The third kappa shape index (κ3) is 5.34. The Bertz CT molecular complexity index is 482. The highest BCUT2D eigenvalue weighted by Gasteiger charge is 2.21. The molecule has 118 valence electrons. The first-order valence-corrected chi connectivity index (χ1v) is 7.07. The van der Waals surface area contributed by atoms with Gasteiger partial charge in [-0.25, -0.2) is 4.39 Å². The van der Waals surface area contributed by atoms with Crippen LogP contribution in [-0.4, -0.2) is 31.1 Å². The molecule has 0 bridgehead atoms. The molecule has 1 heterocycles. The molecule has 0 spiro atoms. The van der Waals surface area contributed by atoms with Gasteiger partial charge in [-0.1, -0.05) is 11.6 Å². The Morgan fingerprint density at radius 3 is 2.95 bits per heavy atom. The van der Waals surface area contributed by atoms with E-state index in [0.29, 0.717) is 5.75 Å². The van der Waals surface area contributed by atoms with E-state index in [2.05, 4.69) is 10.6 Å². The lowest BCUT2D eigenvalue weighted by atomic mass is 10.1. The van der Waals surface area contributed by atoms with Crippen molar-refractivity contribution >= 4 is 29.9 Å². The van der Waals surface area contributed by atoms with Crippen molar-refractivity contribution in [3.63, 3.8) is 0 Å². The first-order chi connectivity index (χ1) is 9.56. The van der Waals surface area contributed by atoms with Gasteiger partial charge in [-0.05, 0) is 44.5 Å². The fourth-order valence-corrected chi connectivity index (χ4v) is 2.32. The number of nitrogens with one attached hydrogen (secondary N) is 2. The van der Waals surface area contributed by atoms with Crippen LogP contribution in [0.3, 0.4) is 0 Å². The number of ether oxygens (including phenoxy) is 1. The maximum absolute atomic E-state index is 12.9. The lowest BCUT2D eigenvalue weighted by Crippen LogP contribution is -2.49. The molecular weight excluding hydrogens is 318 g/mol. The van der Waals surface area contributed by atoms with Gasteiger partial charge < -0.3 is 15.4 Å². The number of piperidine rings is 1. The third-order valence-corrected chi connectivity index (χ3v) is 3.51. The highest BCUT2D eigenvalue weighted by Crippen LogP contribution is 2.25. The summed E-state index contributed by atoms with van der Waals surface area (Å²) in [6.45, 7) is 3.41. The van der Waals surface area contributed by atoms with E-state index in [1.165, 1.54) is 12.1 Å². The average Bonchev–Trinajstić information content (AvgIpc) is 2.43. The van der Waals surface area contributed by atoms with Gasteiger partial charge in [0.05, 0.1) is 5.02 Å². The van der Waals surface area contributed by atoms with E-state index in [0.717, 1.165) is 32.0 Å². The average molecular weight is 337 g/mol. The maximum atomic E-state index is 12.9. The van der Waals surface area contributed by atoms with Gasteiger partial charge in [0.25, 0.3) is 5.91 Å². The molecule has 0 saturated carbocycles. The topological polar surface area (TPSA) is 50.4 Å². The van der Waals surface area contributed by atoms with Crippen molar-refractivity contribution in [2.24, 2.45) is 0 Å². The zero-order chi connectivity index (χ0) is 14.5. The first-order valence-electron chi connectivity index (χ1n) is 6.69. The van der Waals surface area contributed by atoms with Gasteiger partial charge in [-0.2, -0.15) is 0 Å². The fraction of sp³-hybridized carbons (Fsp3) is 0.500. The van der Waals surface area contributed by atoms with Crippen LogP contribution in [0.1, 0.15) is 19.8 Å². The van der Waals surface area contributed by atoms with Crippen molar-refractivity contribution in [1.29, 1.82) is 0 Å². The molecule has 0 radical (unpaired) electrons. The van der Waals surface area contributed by atoms with Crippen molar-refractivity contribution < 1.29 is 13.9 Å². The number of amides is 1. The van der Waals surface area contributed by atoms with Gasteiger partial charge in [-0.3, -0.25) is 4.79 Å². The maximum Gasteiger partial charge on any atom is 0.261 e. The van der Waals surface area contributed by atoms with E-state index in [1.54, 1.807) is 6.92 Å². The molecule has 0 aliphatic carbocycles. The molecule has 1 aliphatic rings. The van der Waals surface area contributed by atoms with Crippen LogP contribution in [-0.2, 0) is 4.79 Å². The molecule has 21 heavy (non-hydrogen) atoms. The lowest BCUT2D eigenvalue weighted by molar-refractivity contribution is -0.128. The van der Waals surface area contributed by atoms with Crippen LogP contribution in [0.15, 0.2) is 18.2 Å². The van der Waals surface area contributed by atoms with Crippen molar-refractivity contribution in [2.75, 3.05) is 13.1 Å². The number of rotatable bonds is 4. The summed E-state index contributed by atoms with van der Waals surface area (Å²) in [5, 5.41) is 6.31. The Balaban J connectivity index is 0.00000220. The van der Waals surface area contributed by atoms with Gasteiger partial charge in [0.2, 0.25) is 0 Å². The van der Waals surface area contributed by atoms with Crippen molar-refractivity contribution in [2.45, 2.75) is 31.9 Å². The summed E-state index contributed by atoms with van der Waals surface area (Å²) < 4.78 is 18.4. The van der Waals surface area contributed by atoms with Gasteiger partial charge in [0.1, 0.15) is 11.6 Å². The minimum atomic E-state index is -0.681. The largest absolute Gasteiger partial charge is 0.479 e. The van der Waals surface area contributed by atoms with E-state index in [9.17, 15) is 9.18 Å². The summed E-state index contributed by atoms with van der Waals surface area (Å²) in [5.41, 5.74) is 0. The number of carbonyl (C=O) groups is 1. The Kier molecular flexibility index (Phi) is 7.22. The second-order valence-electron chi connectivity index (χ2n) is 4.89. The molecule has 1 aromatic rings. The molecule has 1 aromatic carbocycles. The van der Waals surface area contributed by atoms with E-state index >= 15 is 0 Å². The molecule has 0 aromatic heterocycles. The van der Waals surface area contributed by atoms with Crippen LogP contribution < -0.4 is 15.4 Å². The molecule has 1 fully saturated rings. The van der Waals surface area contributed by atoms with E-state index in [4.69, 9.17) is 16.3 Å². The van der Waals surface area contributed by atoms with Crippen LogP contribution >= 0.6 is 24.0 Å². The predicted molar refractivity (Wildman–Crippen MR) is 82.8 cm³/mol. The molecule has 1 unspecified atom stereocenters. The standard InChI is InChI=1S/C14H18ClFN2O2.ClH/c1-9(14(19)18-11-3-2-6-17-8-11)20-13-5-4-10(16)7-12(13)15;/h4-5,7,9,11,17H,2-3,6,8H2,1H3,(H,18,19);1H/t9?,11-;/m0./s1. The lowest BCUT2D eigenvalue weighted by Gasteiger charge is -2.25. The Morgan fingerprint density at radius 2 is 2.33 bits per heavy atom. The molecule has 2 N–H and O–H groups in total. The second-order valence-corrected chi connectivity index (χ2v) is 5.29. The molecule has 4 nitrogen and oxygen atoms in total. The highest BCUT2D eigenvalue weighted by molar-refractivity contribution is 6.32. The normalized spacial score (nSPS) is 19.3. The second kappa shape index (κ2) is 8.41. The quantitative estimate of drug-likeness (QED) is 0.888. The van der Waals surface area contributed by atoms with E-state index in [1.807, 2.05) is 0 Å². The summed E-state index contributed by atoms with van der Waals surface area (Å²) in [4.78, 5) is 12.0. The first kappa shape index (κ1) is 18.0. The smallest absolute Gasteiger partial charge is 0.261 e. The molecule has 7 heteroatoms. The molecule has 1 amide bonds. The molecule has 2 rings (SSSR count). The highest BCUT2D eigenvalue weighted by atomic mass is 35.5. The van der Waals surface area contributed by atoms with E-state index < -0.39 is 11.9 Å². The minimum Gasteiger partial charge on any atom is -0.479 e. The van der Waals surface area contributed by atoms with Gasteiger partial charge >= 0.3 is 0 Å². The Morgan fingerprint density at radius 1 is 1.57 bits per heavy atom. The minimum absolute atomic E-state index is 0. The van der Waals surface area contributed by atoms with Crippen LogP contribution in [0.2, 0.25) is 5.02 Å². The number of carbonyl (C=O) groups excluding carboxylic acids is 1. The molecular formula is C14H19Cl2FN2O2. The van der Waals surface area contributed by atoms with Crippen LogP contribution in [0.4, 0.5) is 4.39 Å². The summed E-state index contributed by atoms with van der Waals surface area (Å²) in [5.74, 6) is -0.329. The van der Waals surface area contributed by atoms with Crippen LogP contribution in [0.5, 0.6) is 5.75 Å². The molecule has 1 saturated heterocycles. The summed E-state index contributed by atoms with van der Waals surface area (Å²) in [7, 11) is 0. The summed E-state index contributed by atoms with van der Waals surface area (Å²) in [6, 6.07) is 3.96. The predicted octanol–water partition coefficient (Wildman–Crippen LogP) is 2.54. The van der Waals surface area contributed by atoms with Crippen molar-refractivity contribution in [3.8, 4) is 5.75 Å². The van der Waals surface area contributed by atoms with Crippen LogP contribution in [0.25, 0.3) is 0 Å². The number of hydrogen-bond acceptors (Lipinski definition) is 3. The van der Waals surface area contributed by atoms with Gasteiger partial charge in [0, 0.05) is 12.6 Å². The SMILES string of the molecule is CC(Oc1ccc(F)cc1Cl)C(=O)N[C@H]1CCCNC1.Cl. The fourth-order valence-electron chi connectivity index (χ4n) is 2.11. The van der Waals surface area contributed by atoms with Gasteiger partial charge in [-0.15, -0.1) is 12.4 Å². The monoisotopic (exact) mass is 336 g/mol. The Labute approximate surface area is 134 Å². The number of halogens is 3. The molecule has 2 atom stereocenters. The van der Waals surface area contributed by atoms with Crippen LogP contribution in [0, 0.1) is 5.82 Å². The zero-order valence-electron chi connectivity index (χ0n) is 11.7.